The molecule has 0 bridgehead atoms. The minimum Gasteiger partial charge on any atom is -0.331 e. The van der Waals surface area contributed by atoms with Gasteiger partial charge >= 0.3 is 0 Å². The van der Waals surface area contributed by atoms with Crippen LogP contribution in [0.4, 0.5) is 0 Å². The van der Waals surface area contributed by atoms with E-state index in [1.165, 1.54) is 4.70 Å². The van der Waals surface area contributed by atoms with Crippen molar-refractivity contribution in [2.75, 3.05) is 6.54 Å². The first-order valence-corrected chi connectivity index (χ1v) is 9.21. The van der Waals surface area contributed by atoms with E-state index in [1.54, 1.807) is 22.2 Å². The lowest BCUT2D eigenvalue weighted by atomic mass is 10.0. The van der Waals surface area contributed by atoms with E-state index in [4.69, 9.17) is 4.98 Å². The number of nitrogens with zero attached hydrogens (tertiary/aromatic N) is 4. The lowest BCUT2D eigenvalue weighted by Gasteiger charge is -2.36. The van der Waals surface area contributed by atoms with E-state index in [-0.39, 0.29) is 18.0 Å². The van der Waals surface area contributed by atoms with Gasteiger partial charge < -0.3 is 4.90 Å². The molecular formula is C18H20N4OS. The fourth-order valence-electron chi connectivity index (χ4n) is 3.35. The molecule has 24 heavy (non-hydrogen) atoms. The van der Waals surface area contributed by atoms with Crippen LogP contribution in [0.3, 0.4) is 0 Å². The first kappa shape index (κ1) is 15.3. The average Bonchev–Trinajstić information content (AvgIpc) is 3.29. The minimum absolute atomic E-state index is 0.0849. The summed E-state index contributed by atoms with van der Waals surface area (Å²) >= 11 is 1.71. The molecule has 3 aromatic rings. The molecular weight excluding hydrogens is 320 g/mol. The van der Waals surface area contributed by atoms with Crippen LogP contribution >= 0.6 is 11.3 Å². The van der Waals surface area contributed by atoms with Crippen LogP contribution in [0, 0.1) is 0 Å². The highest BCUT2D eigenvalue weighted by Gasteiger charge is 2.33. The maximum atomic E-state index is 13.0. The summed E-state index contributed by atoms with van der Waals surface area (Å²) in [6.45, 7) is 2.71. The molecule has 2 atom stereocenters. The van der Waals surface area contributed by atoms with Crippen LogP contribution in [0.25, 0.3) is 10.2 Å². The number of thiazole rings is 1. The maximum absolute atomic E-state index is 13.0. The highest BCUT2D eigenvalue weighted by molar-refractivity contribution is 7.18. The first-order valence-electron chi connectivity index (χ1n) is 8.39. The van der Waals surface area contributed by atoms with Crippen LogP contribution in [0.15, 0.2) is 42.7 Å². The van der Waals surface area contributed by atoms with Gasteiger partial charge in [-0.25, -0.2) is 4.98 Å². The van der Waals surface area contributed by atoms with Crippen LogP contribution < -0.4 is 0 Å². The van der Waals surface area contributed by atoms with Gasteiger partial charge in [-0.1, -0.05) is 12.1 Å². The van der Waals surface area contributed by atoms with Crippen LogP contribution in [0.2, 0.25) is 0 Å². The van der Waals surface area contributed by atoms with E-state index in [0.717, 1.165) is 36.3 Å². The van der Waals surface area contributed by atoms with Crippen molar-refractivity contribution in [3.8, 4) is 0 Å². The second-order valence-corrected chi connectivity index (χ2v) is 7.29. The fourth-order valence-corrected chi connectivity index (χ4v) is 4.46. The Morgan fingerprint density at radius 3 is 2.96 bits per heavy atom. The number of likely N-dealkylation sites (tertiary alicyclic amines) is 1. The zero-order chi connectivity index (χ0) is 16.5. The van der Waals surface area contributed by atoms with Crippen molar-refractivity contribution in [1.82, 2.24) is 19.7 Å². The third kappa shape index (κ3) is 2.71. The molecule has 1 amide bonds. The van der Waals surface area contributed by atoms with E-state index < -0.39 is 0 Å². The molecule has 2 unspecified atom stereocenters. The smallest absolute Gasteiger partial charge is 0.247 e. The Balaban J connectivity index is 1.64. The van der Waals surface area contributed by atoms with Crippen molar-refractivity contribution in [2.45, 2.75) is 38.3 Å². The molecule has 0 saturated carbocycles. The van der Waals surface area contributed by atoms with E-state index in [1.807, 2.05) is 42.3 Å². The minimum atomic E-state index is -0.282. The zero-order valence-electron chi connectivity index (χ0n) is 13.6. The Labute approximate surface area is 144 Å². The van der Waals surface area contributed by atoms with Crippen molar-refractivity contribution in [2.24, 2.45) is 0 Å². The van der Waals surface area contributed by atoms with Gasteiger partial charge in [0.15, 0.2) is 0 Å². The summed E-state index contributed by atoms with van der Waals surface area (Å²) in [5.41, 5.74) is 1.02. The van der Waals surface area contributed by atoms with Gasteiger partial charge in [-0.2, -0.15) is 5.10 Å². The molecule has 1 fully saturated rings. The molecule has 124 valence electrons. The molecule has 0 spiro atoms. The lowest BCUT2D eigenvalue weighted by Crippen LogP contribution is -2.42. The second kappa shape index (κ2) is 6.36. The Morgan fingerprint density at radius 1 is 1.29 bits per heavy atom. The first-order chi connectivity index (χ1) is 11.7. The van der Waals surface area contributed by atoms with Gasteiger partial charge in [0.1, 0.15) is 11.0 Å². The Morgan fingerprint density at radius 2 is 2.17 bits per heavy atom. The Bertz CT molecular complexity index is 809. The molecule has 1 saturated heterocycles. The van der Waals surface area contributed by atoms with Crippen LogP contribution in [-0.2, 0) is 4.79 Å². The molecule has 2 aromatic heterocycles. The number of carbonyl (C=O) groups excluding carboxylic acids is 1. The molecule has 0 radical (unpaired) electrons. The summed E-state index contributed by atoms with van der Waals surface area (Å²) in [6.07, 6.45) is 6.74. The number of hydrogen-bond acceptors (Lipinski definition) is 4. The standard InChI is InChI=1S/C18H20N4OS/c1-13(22-12-6-10-19-22)18(23)21-11-5-4-8-15(21)17-20-14-7-2-3-9-16(14)24-17/h2-3,6-7,9-10,12-13,15H,4-5,8,11H2,1H3. The van der Waals surface area contributed by atoms with Gasteiger partial charge in [0, 0.05) is 18.9 Å². The van der Waals surface area contributed by atoms with E-state index >= 15 is 0 Å². The van der Waals surface area contributed by atoms with Crippen LogP contribution in [-0.4, -0.2) is 32.1 Å². The van der Waals surface area contributed by atoms with E-state index in [0.29, 0.717) is 0 Å². The molecule has 6 heteroatoms. The number of rotatable bonds is 3. The van der Waals surface area contributed by atoms with E-state index in [2.05, 4.69) is 11.2 Å². The molecule has 1 aliphatic rings. The summed E-state index contributed by atoms with van der Waals surface area (Å²) in [4.78, 5) is 19.8. The predicted octanol–water partition coefficient (Wildman–Crippen LogP) is 3.81. The predicted molar refractivity (Wildman–Crippen MR) is 94.9 cm³/mol. The van der Waals surface area contributed by atoms with Gasteiger partial charge in [-0.3, -0.25) is 9.48 Å². The highest BCUT2D eigenvalue weighted by Crippen LogP contribution is 2.36. The summed E-state index contributed by atoms with van der Waals surface area (Å²) in [6, 6.07) is 9.83. The van der Waals surface area contributed by atoms with E-state index in [9.17, 15) is 4.79 Å². The van der Waals surface area contributed by atoms with Crippen molar-refractivity contribution in [3.05, 3.63) is 47.7 Å². The lowest BCUT2D eigenvalue weighted by molar-refractivity contribution is -0.138. The van der Waals surface area contributed by atoms with Crippen LogP contribution in [0.1, 0.15) is 43.3 Å². The number of fused-ring (bicyclic) bond motifs is 1. The zero-order valence-corrected chi connectivity index (χ0v) is 14.4. The summed E-state index contributed by atoms with van der Waals surface area (Å²) in [5.74, 6) is 0.127. The monoisotopic (exact) mass is 340 g/mol. The fraction of sp³-hybridized carbons (Fsp3) is 0.389. The van der Waals surface area contributed by atoms with Crippen molar-refractivity contribution in [3.63, 3.8) is 0 Å². The SMILES string of the molecule is CC(C(=O)N1CCCCC1c1nc2ccccc2s1)n1cccn1. The number of benzene rings is 1. The number of hydrogen-bond donors (Lipinski definition) is 0. The molecule has 5 nitrogen and oxygen atoms in total. The maximum Gasteiger partial charge on any atom is 0.247 e. The van der Waals surface area contributed by atoms with Crippen LogP contribution in [0.5, 0.6) is 0 Å². The third-order valence-electron chi connectivity index (χ3n) is 4.66. The molecule has 3 heterocycles. The highest BCUT2D eigenvalue weighted by atomic mass is 32.1. The molecule has 4 rings (SSSR count). The third-order valence-corrected chi connectivity index (χ3v) is 5.80. The van der Waals surface area contributed by atoms with Gasteiger partial charge in [0.2, 0.25) is 5.91 Å². The van der Waals surface area contributed by atoms with Gasteiger partial charge in [-0.15, -0.1) is 11.3 Å². The Kier molecular flexibility index (Phi) is 4.06. The van der Waals surface area contributed by atoms with Gasteiger partial charge in [0.05, 0.1) is 16.3 Å². The van der Waals surface area contributed by atoms with Crippen molar-refractivity contribution in [1.29, 1.82) is 0 Å². The number of aromatic nitrogens is 3. The molecule has 1 aliphatic heterocycles. The van der Waals surface area contributed by atoms with Crippen molar-refractivity contribution < 1.29 is 4.79 Å². The number of para-hydroxylation sites is 1. The average molecular weight is 340 g/mol. The summed E-state index contributed by atoms with van der Waals surface area (Å²) in [7, 11) is 0. The molecule has 0 N–H and O–H groups in total. The van der Waals surface area contributed by atoms with Crippen molar-refractivity contribution >= 4 is 27.5 Å². The largest absolute Gasteiger partial charge is 0.331 e. The normalized spacial score (nSPS) is 19.5. The number of amides is 1. The Hall–Kier alpha value is -2.21. The summed E-state index contributed by atoms with van der Waals surface area (Å²) in [5, 5.41) is 5.27. The van der Waals surface area contributed by atoms with Gasteiger partial charge in [-0.05, 0) is 44.4 Å². The number of carbonyl (C=O) groups is 1. The molecule has 0 aliphatic carbocycles. The number of piperidine rings is 1. The second-order valence-electron chi connectivity index (χ2n) is 6.23. The topological polar surface area (TPSA) is 51.0 Å². The summed E-state index contributed by atoms with van der Waals surface area (Å²) < 4.78 is 2.91. The molecule has 1 aromatic carbocycles. The van der Waals surface area contributed by atoms with Gasteiger partial charge in [0.25, 0.3) is 0 Å². The quantitative estimate of drug-likeness (QED) is 0.728.